The van der Waals surface area contributed by atoms with Gasteiger partial charge in [0.15, 0.2) is 11.6 Å². The summed E-state index contributed by atoms with van der Waals surface area (Å²) < 4.78 is 0. The van der Waals surface area contributed by atoms with E-state index in [0.717, 1.165) is 11.4 Å². The van der Waals surface area contributed by atoms with Crippen LogP contribution in [0, 0.1) is 0 Å². The number of aromatic amines is 2. The molecule has 6 nitrogen and oxygen atoms in total. The molecule has 0 fully saturated rings. The van der Waals surface area contributed by atoms with Crippen molar-refractivity contribution in [3.8, 4) is 0 Å². The summed E-state index contributed by atoms with van der Waals surface area (Å²) in [6, 6.07) is 7.43. The Bertz CT molecular complexity index is 624. The Labute approximate surface area is 136 Å². The SMILES string of the molecule is CN(C)CC(=O)c1ccc(Cc2ccc(C(=O)CN(C)C)[nH]2)[nH]1. The average Bonchev–Trinajstić information content (AvgIpc) is 3.07. The van der Waals surface area contributed by atoms with E-state index < -0.39 is 0 Å². The molecule has 0 aliphatic rings. The zero-order valence-corrected chi connectivity index (χ0v) is 14.1. The van der Waals surface area contributed by atoms with Crippen molar-refractivity contribution >= 4 is 11.6 Å². The quantitative estimate of drug-likeness (QED) is 0.723. The summed E-state index contributed by atoms with van der Waals surface area (Å²) in [4.78, 5) is 34.0. The van der Waals surface area contributed by atoms with Crippen LogP contribution in [0.15, 0.2) is 24.3 Å². The van der Waals surface area contributed by atoms with Crippen LogP contribution in [0.2, 0.25) is 0 Å². The molecule has 2 aromatic rings. The Hall–Kier alpha value is -2.18. The fraction of sp³-hybridized carbons (Fsp3) is 0.412. The fourth-order valence-electron chi connectivity index (χ4n) is 2.36. The predicted octanol–water partition coefficient (Wildman–Crippen LogP) is 1.42. The van der Waals surface area contributed by atoms with Gasteiger partial charge in [-0.25, -0.2) is 0 Å². The molecule has 0 aliphatic heterocycles. The molecule has 0 aromatic carbocycles. The summed E-state index contributed by atoms with van der Waals surface area (Å²) in [7, 11) is 7.47. The van der Waals surface area contributed by atoms with Gasteiger partial charge in [0.05, 0.1) is 24.5 Å². The summed E-state index contributed by atoms with van der Waals surface area (Å²) >= 11 is 0. The van der Waals surface area contributed by atoms with Gasteiger partial charge in [-0.15, -0.1) is 0 Å². The van der Waals surface area contributed by atoms with E-state index in [1.807, 2.05) is 62.3 Å². The minimum Gasteiger partial charge on any atom is -0.356 e. The highest BCUT2D eigenvalue weighted by Gasteiger charge is 2.12. The molecule has 6 heteroatoms. The van der Waals surface area contributed by atoms with Crippen LogP contribution in [-0.4, -0.2) is 72.6 Å². The molecule has 23 heavy (non-hydrogen) atoms. The maximum absolute atomic E-state index is 12.0. The second kappa shape index (κ2) is 7.39. The molecule has 0 atom stereocenters. The lowest BCUT2D eigenvalue weighted by molar-refractivity contribution is 0.0945. The van der Waals surface area contributed by atoms with Gasteiger partial charge in [-0.3, -0.25) is 9.59 Å². The highest BCUT2D eigenvalue weighted by atomic mass is 16.1. The molecule has 0 spiro atoms. The standard InChI is InChI=1S/C17H24N4O2/c1-20(2)10-16(22)14-7-5-12(18-14)9-13-6-8-15(19-13)17(23)11-21(3)4/h5-8,18-19H,9-11H2,1-4H3. The Morgan fingerprint density at radius 3 is 1.52 bits per heavy atom. The van der Waals surface area contributed by atoms with Crippen LogP contribution in [0.25, 0.3) is 0 Å². The van der Waals surface area contributed by atoms with Gasteiger partial charge in [0.1, 0.15) is 0 Å². The molecule has 0 saturated heterocycles. The molecule has 0 aliphatic carbocycles. The zero-order chi connectivity index (χ0) is 17.0. The number of nitrogens with one attached hydrogen (secondary N) is 2. The van der Waals surface area contributed by atoms with Crippen LogP contribution < -0.4 is 0 Å². The number of H-pyrrole nitrogens is 2. The van der Waals surface area contributed by atoms with Gasteiger partial charge >= 0.3 is 0 Å². The molecule has 0 amide bonds. The van der Waals surface area contributed by atoms with E-state index in [4.69, 9.17) is 0 Å². The number of likely N-dealkylation sites (N-methyl/N-ethyl adjacent to an activating group) is 2. The van der Waals surface area contributed by atoms with Crippen LogP contribution in [0.4, 0.5) is 0 Å². The molecule has 0 unspecified atom stereocenters. The summed E-state index contributed by atoms with van der Waals surface area (Å²) in [6.07, 6.45) is 0.629. The topological polar surface area (TPSA) is 72.2 Å². The smallest absolute Gasteiger partial charge is 0.192 e. The van der Waals surface area contributed by atoms with Crippen molar-refractivity contribution in [3.05, 3.63) is 47.0 Å². The molecule has 0 bridgehead atoms. The minimum absolute atomic E-state index is 0.0644. The van der Waals surface area contributed by atoms with Crippen LogP contribution >= 0.6 is 0 Å². The van der Waals surface area contributed by atoms with E-state index in [1.165, 1.54) is 0 Å². The van der Waals surface area contributed by atoms with Gasteiger partial charge in [-0.1, -0.05) is 0 Å². The van der Waals surface area contributed by atoms with E-state index in [2.05, 4.69) is 9.97 Å². The van der Waals surface area contributed by atoms with E-state index in [9.17, 15) is 9.59 Å². The Morgan fingerprint density at radius 1 is 0.783 bits per heavy atom. The molecule has 0 radical (unpaired) electrons. The number of carbonyl (C=O) groups excluding carboxylic acids is 2. The number of rotatable bonds is 8. The third kappa shape index (κ3) is 4.91. The van der Waals surface area contributed by atoms with E-state index in [-0.39, 0.29) is 11.6 Å². The molecule has 2 heterocycles. The van der Waals surface area contributed by atoms with Gasteiger partial charge in [0.25, 0.3) is 0 Å². The number of nitrogens with zero attached hydrogens (tertiary/aromatic N) is 2. The molecular formula is C17H24N4O2. The highest BCUT2D eigenvalue weighted by molar-refractivity contribution is 5.96. The summed E-state index contributed by atoms with van der Waals surface area (Å²) in [5, 5.41) is 0. The van der Waals surface area contributed by atoms with E-state index >= 15 is 0 Å². The highest BCUT2D eigenvalue weighted by Crippen LogP contribution is 2.11. The van der Waals surface area contributed by atoms with Crippen LogP contribution in [0.1, 0.15) is 32.4 Å². The predicted molar refractivity (Wildman–Crippen MR) is 90.2 cm³/mol. The Balaban J connectivity index is 2.00. The number of hydrogen-bond donors (Lipinski definition) is 2. The van der Waals surface area contributed by atoms with Gasteiger partial charge in [-0.2, -0.15) is 0 Å². The van der Waals surface area contributed by atoms with E-state index in [0.29, 0.717) is 30.9 Å². The van der Waals surface area contributed by atoms with Crippen molar-refractivity contribution in [1.82, 2.24) is 19.8 Å². The number of carbonyl (C=O) groups is 2. The molecule has 2 N–H and O–H groups in total. The van der Waals surface area contributed by atoms with Crippen LogP contribution in [0.3, 0.4) is 0 Å². The van der Waals surface area contributed by atoms with Crippen molar-refractivity contribution < 1.29 is 9.59 Å². The first-order valence-corrected chi connectivity index (χ1v) is 7.57. The molecule has 2 aromatic heterocycles. The monoisotopic (exact) mass is 316 g/mol. The zero-order valence-electron chi connectivity index (χ0n) is 14.1. The number of ketones is 2. The summed E-state index contributed by atoms with van der Waals surface area (Å²) in [5.41, 5.74) is 3.12. The third-order valence-corrected chi connectivity index (χ3v) is 3.39. The maximum atomic E-state index is 12.0. The summed E-state index contributed by atoms with van der Waals surface area (Å²) in [6.45, 7) is 0.761. The third-order valence-electron chi connectivity index (χ3n) is 3.39. The van der Waals surface area contributed by atoms with E-state index in [1.54, 1.807) is 0 Å². The molecular weight excluding hydrogens is 292 g/mol. The van der Waals surface area contributed by atoms with Crippen molar-refractivity contribution in [3.63, 3.8) is 0 Å². The molecule has 2 rings (SSSR count). The van der Waals surface area contributed by atoms with Crippen molar-refractivity contribution in [2.75, 3.05) is 41.3 Å². The normalized spacial score (nSPS) is 11.4. The second-order valence-electron chi connectivity index (χ2n) is 6.29. The fourth-order valence-corrected chi connectivity index (χ4v) is 2.36. The van der Waals surface area contributed by atoms with Gasteiger partial charge < -0.3 is 19.8 Å². The first kappa shape index (κ1) is 17.2. The first-order chi connectivity index (χ1) is 10.8. The second-order valence-corrected chi connectivity index (χ2v) is 6.29. The Kier molecular flexibility index (Phi) is 5.52. The van der Waals surface area contributed by atoms with Gasteiger partial charge in [-0.05, 0) is 52.5 Å². The lowest BCUT2D eigenvalue weighted by atomic mass is 10.2. The average molecular weight is 316 g/mol. The first-order valence-electron chi connectivity index (χ1n) is 7.57. The number of hydrogen-bond acceptors (Lipinski definition) is 4. The van der Waals surface area contributed by atoms with Crippen molar-refractivity contribution in [2.24, 2.45) is 0 Å². The lowest BCUT2D eigenvalue weighted by Gasteiger charge is -2.07. The Morgan fingerprint density at radius 2 is 1.17 bits per heavy atom. The lowest BCUT2D eigenvalue weighted by Crippen LogP contribution is -2.22. The molecule has 124 valence electrons. The van der Waals surface area contributed by atoms with Gasteiger partial charge in [0.2, 0.25) is 0 Å². The minimum atomic E-state index is 0.0644. The van der Waals surface area contributed by atoms with Crippen LogP contribution in [-0.2, 0) is 6.42 Å². The largest absolute Gasteiger partial charge is 0.356 e. The summed E-state index contributed by atoms with van der Waals surface area (Å²) in [5.74, 6) is 0.129. The molecule has 0 saturated carbocycles. The number of Topliss-reactive ketones (excluding diaryl/α,β-unsaturated/α-hetero) is 2. The van der Waals surface area contributed by atoms with Gasteiger partial charge in [0, 0.05) is 17.8 Å². The van der Waals surface area contributed by atoms with Crippen molar-refractivity contribution in [1.29, 1.82) is 0 Å². The van der Waals surface area contributed by atoms with Crippen LogP contribution in [0.5, 0.6) is 0 Å². The maximum Gasteiger partial charge on any atom is 0.192 e. The van der Waals surface area contributed by atoms with Crippen molar-refractivity contribution in [2.45, 2.75) is 6.42 Å². The number of aromatic nitrogens is 2.